The van der Waals surface area contributed by atoms with Crippen molar-refractivity contribution in [3.63, 3.8) is 0 Å². The Morgan fingerprint density at radius 1 is 0.548 bits per heavy atom. The molecule has 0 rings (SSSR count). The molecular formula is C35H76N6O. The zero-order valence-corrected chi connectivity index (χ0v) is 28.5. The molecule has 0 aromatic rings. The van der Waals surface area contributed by atoms with Crippen molar-refractivity contribution in [1.82, 2.24) is 20.9 Å². The average Bonchev–Trinajstić information content (AvgIpc) is 2.99. The highest BCUT2D eigenvalue weighted by Crippen LogP contribution is 2.12. The van der Waals surface area contributed by atoms with E-state index in [0.717, 1.165) is 71.5 Å². The summed E-state index contributed by atoms with van der Waals surface area (Å²) < 4.78 is 0. The minimum absolute atomic E-state index is 0.139. The number of hydrogen-bond acceptors (Lipinski definition) is 6. The van der Waals surface area contributed by atoms with Gasteiger partial charge in [0.15, 0.2) is 0 Å². The Bertz CT molecular complexity index is 514. The van der Waals surface area contributed by atoms with E-state index in [2.05, 4.69) is 34.7 Å². The second kappa shape index (κ2) is 34.8. The van der Waals surface area contributed by atoms with Gasteiger partial charge in [-0.2, -0.15) is 0 Å². The molecule has 0 aliphatic rings. The molecule has 0 aromatic carbocycles. The standard InChI is InChI=1S/C35H76N6O/c1-3-5-7-9-11-13-15-17-19-31-41(32-20-18-16-14-12-10-8-6-4-2)33-30-40-35(42)34(39-29-23-26-37)24-21-27-38-28-22-25-36/h34,38-39H,3-33,36-37H2,1-2H3,(H,40,42). The van der Waals surface area contributed by atoms with E-state index in [0.29, 0.717) is 13.1 Å². The Morgan fingerprint density at radius 2 is 1.00 bits per heavy atom. The highest BCUT2D eigenvalue weighted by molar-refractivity contribution is 5.81. The van der Waals surface area contributed by atoms with Gasteiger partial charge in [-0.25, -0.2) is 0 Å². The fourth-order valence-electron chi connectivity index (χ4n) is 5.58. The second-order valence-corrected chi connectivity index (χ2v) is 12.5. The average molecular weight is 597 g/mol. The SMILES string of the molecule is CCCCCCCCCCCN(CCCCCCCCCCC)CCNC(=O)C(CCCNCCCN)NCCCN. The zero-order valence-electron chi connectivity index (χ0n) is 28.5. The molecular weight excluding hydrogens is 520 g/mol. The Hall–Kier alpha value is -0.730. The summed E-state index contributed by atoms with van der Waals surface area (Å²) in [5.74, 6) is 0.139. The summed E-state index contributed by atoms with van der Waals surface area (Å²) in [4.78, 5) is 15.7. The van der Waals surface area contributed by atoms with Crippen LogP contribution in [0, 0.1) is 0 Å². The van der Waals surface area contributed by atoms with Crippen molar-refractivity contribution < 1.29 is 4.79 Å². The third-order valence-corrected chi connectivity index (χ3v) is 8.38. The predicted molar refractivity (Wildman–Crippen MR) is 185 cm³/mol. The maximum Gasteiger partial charge on any atom is 0.237 e. The largest absolute Gasteiger partial charge is 0.353 e. The van der Waals surface area contributed by atoms with Gasteiger partial charge < -0.3 is 32.3 Å². The Labute approximate surface area is 262 Å². The van der Waals surface area contributed by atoms with Crippen LogP contribution in [-0.4, -0.2) is 75.8 Å². The number of carbonyl (C=O) groups excluding carboxylic acids is 1. The van der Waals surface area contributed by atoms with Crippen LogP contribution in [0.3, 0.4) is 0 Å². The van der Waals surface area contributed by atoms with Crippen LogP contribution in [0.2, 0.25) is 0 Å². The van der Waals surface area contributed by atoms with Crippen molar-refractivity contribution in [1.29, 1.82) is 0 Å². The molecule has 1 unspecified atom stereocenters. The Balaban J connectivity index is 4.48. The molecule has 1 amide bonds. The van der Waals surface area contributed by atoms with Gasteiger partial charge in [0.2, 0.25) is 5.91 Å². The maximum atomic E-state index is 13.1. The molecule has 0 heterocycles. The third-order valence-electron chi connectivity index (χ3n) is 8.38. The lowest BCUT2D eigenvalue weighted by atomic mass is 10.1. The van der Waals surface area contributed by atoms with E-state index in [-0.39, 0.29) is 11.9 Å². The fraction of sp³-hybridized carbons (Fsp3) is 0.971. The smallest absolute Gasteiger partial charge is 0.237 e. The number of nitrogens with two attached hydrogens (primary N) is 2. The fourth-order valence-corrected chi connectivity index (χ4v) is 5.58. The van der Waals surface area contributed by atoms with E-state index in [4.69, 9.17) is 11.5 Å². The molecule has 0 aromatic heterocycles. The predicted octanol–water partition coefficient (Wildman–Crippen LogP) is 6.49. The monoisotopic (exact) mass is 597 g/mol. The Morgan fingerprint density at radius 3 is 1.50 bits per heavy atom. The summed E-state index contributed by atoms with van der Waals surface area (Å²) in [6.07, 6.45) is 28.3. The summed E-state index contributed by atoms with van der Waals surface area (Å²) in [6.45, 7) is 12.6. The van der Waals surface area contributed by atoms with Crippen molar-refractivity contribution in [3.8, 4) is 0 Å². The molecule has 252 valence electrons. The van der Waals surface area contributed by atoms with E-state index in [9.17, 15) is 4.79 Å². The van der Waals surface area contributed by atoms with Gasteiger partial charge in [-0.3, -0.25) is 4.79 Å². The second-order valence-electron chi connectivity index (χ2n) is 12.5. The van der Waals surface area contributed by atoms with Gasteiger partial charge >= 0.3 is 0 Å². The molecule has 0 aliphatic heterocycles. The minimum Gasteiger partial charge on any atom is -0.353 e. The van der Waals surface area contributed by atoms with Crippen molar-refractivity contribution in [2.24, 2.45) is 11.5 Å². The maximum absolute atomic E-state index is 13.1. The van der Waals surface area contributed by atoms with Crippen LogP contribution < -0.4 is 27.4 Å². The highest BCUT2D eigenvalue weighted by atomic mass is 16.2. The molecule has 42 heavy (non-hydrogen) atoms. The van der Waals surface area contributed by atoms with Gasteiger partial charge in [0.1, 0.15) is 0 Å². The van der Waals surface area contributed by atoms with E-state index >= 15 is 0 Å². The van der Waals surface area contributed by atoms with Gasteiger partial charge in [0, 0.05) is 13.1 Å². The van der Waals surface area contributed by atoms with Crippen LogP contribution in [0.5, 0.6) is 0 Å². The van der Waals surface area contributed by atoms with Gasteiger partial charge in [-0.05, 0) is 84.3 Å². The summed E-state index contributed by atoms with van der Waals surface area (Å²) in [5, 5.41) is 10.1. The van der Waals surface area contributed by atoms with Gasteiger partial charge in [0.05, 0.1) is 6.04 Å². The van der Waals surface area contributed by atoms with Gasteiger partial charge in [-0.1, -0.05) is 117 Å². The zero-order chi connectivity index (χ0) is 30.8. The number of unbranched alkanes of at least 4 members (excludes halogenated alkanes) is 16. The summed E-state index contributed by atoms with van der Waals surface area (Å²) in [5.41, 5.74) is 11.3. The quantitative estimate of drug-likeness (QED) is 0.0535. The summed E-state index contributed by atoms with van der Waals surface area (Å²) in [6, 6.07) is -0.143. The first-order chi connectivity index (χ1) is 20.7. The van der Waals surface area contributed by atoms with Crippen LogP contribution >= 0.6 is 0 Å². The van der Waals surface area contributed by atoms with E-state index in [1.807, 2.05) is 0 Å². The van der Waals surface area contributed by atoms with Gasteiger partial charge in [0.25, 0.3) is 0 Å². The first kappa shape index (κ1) is 41.3. The number of amides is 1. The van der Waals surface area contributed by atoms with Crippen molar-refractivity contribution >= 4 is 5.91 Å². The molecule has 0 radical (unpaired) electrons. The normalized spacial score (nSPS) is 12.3. The van der Waals surface area contributed by atoms with Crippen LogP contribution in [0.15, 0.2) is 0 Å². The van der Waals surface area contributed by atoms with Crippen molar-refractivity contribution in [2.45, 2.75) is 161 Å². The van der Waals surface area contributed by atoms with Crippen LogP contribution in [0.1, 0.15) is 155 Å². The van der Waals surface area contributed by atoms with Crippen LogP contribution in [-0.2, 0) is 4.79 Å². The minimum atomic E-state index is -0.143. The summed E-state index contributed by atoms with van der Waals surface area (Å²) in [7, 11) is 0. The van der Waals surface area contributed by atoms with Crippen molar-refractivity contribution in [3.05, 3.63) is 0 Å². The number of hydrogen-bond donors (Lipinski definition) is 5. The molecule has 0 saturated carbocycles. The number of nitrogens with zero attached hydrogens (tertiary/aromatic N) is 1. The molecule has 0 saturated heterocycles. The van der Waals surface area contributed by atoms with Crippen molar-refractivity contribution in [2.75, 3.05) is 58.9 Å². The van der Waals surface area contributed by atoms with Crippen LogP contribution in [0.4, 0.5) is 0 Å². The van der Waals surface area contributed by atoms with Crippen LogP contribution in [0.25, 0.3) is 0 Å². The van der Waals surface area contributed by atoms with E-state index in [1.165, 1.54) is 116 Å². The molecule has 0 fully saturated rings. The molecule has 1 atom stereocenters. The number of rotatable bonds is 35. The lowest BCUT2D eigenvalue weighted by molar-refractivity contribution is -0.123. The molecule has 7 nitrogen and oxygen atoms in total. The first-order valence-electron chi connectivity index (χ1n) is 18.5. The lowest BCUT2D eigenvalue weighted by Crippen LogP contribution is -2.47. The lowest BCUT2D eigenvalue weighted by Gasteiger charge is -2.24. The first-order valence-corrected chi connectivity index (χ1v) is 18.5. The van der Waals surface area contributed by atoms with E-state index < -0.39 is 0 Å². The molecule has 7 heteroatoms. The summed E-state index contributed by atoms with van der Waals surface area (Å²) >= 11 is 0. The number of nitrogens with one attached hydrogen (secondary N) is 3. The molecule has 0 spiro atoms. The van der Waals surface area contributed by atoms with E-state index in [1.54, 1.807) is 0 Å². The molecule has 0 aliphatic carbocycles. The molecule has 7 N–H and O–H groups in total. The topological polar surface area (TPSA) is 108 Å². The van der Waals surface area contributed by atoms with Gasteiger partial charge in [-0.15, -0.1) is 0 Å². The number of carbonyl (C=O) groups is 1. The highest BCUT2D eigenvalue weighted by Gasteiger charge is 2.17. The molecule has 0 bridgehead atoms. The third kappa shape index (κ3) is 29.3. The Kier molecular flexibility index (Phi) is 34.2.